The predicted octanol–water partition coefficient (Wildman–Crippen LogP) is 2.85. The summed E-state index contributed by atoms with van der Waals surface area (Å²) in [6.07, 6.45) is 2.70. The fraction of sp³-hybridized carbons (Fsp3) is 0.474. The van der Waals surface area contributed by atoms with Gasteiger partial charge in [-0.05, 0) is 39.2 Å². The van der Waals surface area contributed by atoms with Gasteiger partial charge in [-0.25, -0.2) is 9.48 Å². The van der Waals surface area contributed by atoms with Gasteiger partial charge in [0.05, 0.1) is 17.8 Å². The Balaban J connectivity index is 1.65. The Kier molecular flexibility index (Phi) is 4.56. The Morgan fingerprint density at radius 3 is 2.56 bits per heavy atom. The number of hydrogen-bond acceptors (Lipinski definition) is 3. The lowest BCUT2D eigenvalue weighted by atomic mass is 9.62. The third-order valence-corrected chi connectivity index (χ3v) is 4.75. The van der Waals surface area contributed by atoms with Gasteiger partial charge in [0.25, 0.3) is 0 Å². The molecule has 1 aliphatic carbocycles. The molecule has 0 bridgehead atoms. The molecule has 1 aromatic heterocycles. The summed E-state index contributed by atoms with van der Waals surface area (Å²) in [6.45, 7) is 6.58. The molecule has 134 valence electrons. The zero-order valence-corrected chi connectivity index (χ0v) is 15.0. The van der Waals surface area contributed by atoms with E-state index in [9.17, 15) is 9.90 Å². The van der Waals surface area contributed by atoms with Gasteiger partial charge < -0.3 is 10.4 Å². The van der Waals surface area contributed by atoms with Crippen LogP contribution in [0.4, 0.5) is 10.6 Å². The zero-order chi connectivity index (χ0) is 18.1. The zero-order valence-electron chi connectivity index (χ0n) is 15.0. The van der Waals surface area contributed by atoms with Crippen LogP contribution >= 0.6 is 0 Å². The molecule has 2 aromatic rings. The summed E-state index contributed by atoms with van der Waals surface area (Å²) in [6, 6.07) is 11.6. The van der Waals surface area contributed by atoms with E-state index in [1.807, 2.05) is 39.0 Å². The number of nitrogens with zero attached hydrogens (tertiary/aromatic N) is 2. The molecule has 1 aliphatic rings. The van der Waals surface area contributed by atoms with Crippen LogP contribution in [0.15, 0.2) is 42.6 Å². The number of aliphatic hydroxyl groups excluding tert-OH is 1. The minimum absolute atomic E-state index is 0.192. The van der Waals surface area contributed by atoms with E-state index in [2.05, 4.69) is 27.9 Å². The Hall–Kier alpha value is -2.34. The van der Waals surface area contributed by atoms with E-state index in [4.69, 9.17) is 0 Å². The molecule has 6 nitrogen and oxygen atoms in total. The molecule has 1 aromatic carbocycles. The predicted molar refractivity (Wildman–Crippen MR) is 97.6 cm³/mol. The molecule has 25 heavy (non-hydrogen) atoms. The van der Waals surface area contributed by atoms with Gasteiger partial charge in [-0.2, -0.15) is 5.10 Å². The number of nitrogens with one attached hydrogen (secondary N) is 2. The van der Waals surface area contributed by atoms with Crippen molar-refractivity contribution in [3.05, 3.63) is 48.2 Å². The maximum absolute atomic E-state index is 12.4. The van der Waals surface area contributed by atoms with E-state index >= 15 is 0 Å². The molecule has 3 N–H and O–H groups in total. The molecule has 0 saturated heterocycles. The van der Waals surface area contributed by atoms with E-state index in [-0.39, 0.29) is 23.1 Å². The second-order valence-corrected chi connectivity index (χ2v) is 7.82. The van der Waals surface area contributed by atoms with Crippen LogP contribution in [0.3, 0.4) is 0 Å². The molecular weight excluding hydrogens is 316 g/mol. The van der Waals surface area contributed by atoms with E-state index in [1.54, 1.807) is 16.9 Å². The number of urea groups is 1. The van der Waals surface area contributed by atoms with Gasteiger partial charge in [0.1, 0.15) is 5.82 Å². The lowest BCUT2D eigenvalue weighted by molar-refractivity contribution is 0.0193. The lowest BCUT2D eigenvalue weighted by Gasteiger charge is -2.46. The average molecular weight is 342 g/mol. The van der Waals surface area contributed by atoms with Crippen LogP contribution in [-0.4, -0.2) is 33.6 Å². The second kappa shape index (κ2) is 6.52. The molecule has 6 heteroatoms. The van der Waals surface area contributed by atoms with E-state index in [0.717, 1.165) is 5.56 Å². The molecule has 1 fully saturated rings. The van der Waals surface area contributed by atoms with Gasteiger partial charge in [0, 0.05) is 18.0 Å². The first-order chi connectivity index (χ1) is 11.8. The number of rotatable bonds is 4. The average Bonchev–Trinajstić information content (AvgIpc) is 2.99. The molecule has 1 heterocycles. The molecule has 3 rings (SSSR count). The van der Waals surface area contributed by atoms with Crippen LogP contribution in [0.5, 0.6) is 0 Å². The van der Waals surface area contributed by atoms with Gasteiger partial charge in [0.15, 0.2) is 0 Å². The molecule has 0 spiro atoms. The second-order valence-electron chi connectivity index (χ2n) is 7.82. The standard InChI is InChI=1S/C19H26N4O2/c1-18(2,3)23-16(9-10-21-23)22-17(25)20-13-19(11-15(24)12-19)14-7-5-4-6-8-14/h4-10,15,24H,11-13H2,1-3H3,(H2,20,22,25). The van der Waals surface area contributed by atoms with Crippen LogP contribution < -0.4 is 10.6 Å². The fourth-order valence-electron chi connectivity index (χ4n) is 3.46. The number of carbonyl (C=O) groups excluding carboxylic acids is 1. The van der Waals surface area contributed by atoms with Crippen LogP contribution in [0.2, 0.25) is 0 Å². The number of carbonyl (C=O) groups is 1. The number of aromatic nitrogens is 2. The van der Waals surface area contributed by atoms with Crippen molar-refractivity contribution in [3.8, 4) is 0 Å². The van der Waals surface area contributed by atoms with Crippen molar-refractivity contribution in [3.63, 3.8) is 0 Å². The van der Waals surface area contributed by atoms with Crippen LogP contribution in [0, 0.1) is 0 Å². The van der Waals surface area contributed by atoms with Crippen molar-refractivity contribution in [1.82, 2.24) is 15.1 Å². The number of hydrogen-bond donors (Lipinski definition) is 3. The van der Waals surface area contributed by atoms with Gasteiger partial charge in [-0.3, -0.25) is 5.32 Å². The highest BCUT2D eigenvalue weighted by Crippen LogP contribution is 2.43. The Bertz CT molecular complexity index is 727. The number of benzene rings is 1. The number of amides is 2. The molecule has 0 aliphatic heterocycles. The van der Waals surface area contributed by atoms with E-state index in [1.165, 1.54) is 0 Å². The normalized spacial score (nSPS) is 23.0. The molecule has 2 amide bonds. The lowest BCUT2D eigenvalue weighted by Crippen LogP contribution is -2.52. The molecule has 0 radical (unpaired) electrons. The SMILES string of the molecule is CC(C)(C)n1nccc1NC(=O)NCC1(c2ccccc2)CC(O)C1. The van der Waals surface area contributed by atoms with Crippen LogP contribution in [0.25, 0.3) is 0 Å². The summed E-state index contributed by atoms with van der Waals surface area (Å²) >= 11 is 0. The van der Waals surface area contributed by atoms with Gasteiger partial charge in [-0.1, -0.05) is 30.3 Å². The van der Waals surface area contributed by atoms with Crippen molar-refractivity contribution in [1.29, 1.82) is 0 Å². The summed E-state index contributed by atoms with van der Waals surface area (Å²) in [5.74, 6) is 0.660. The summed E-state index contributed by atoms with van der Waals surface area (Å²) < 4.78 is 1.78. The monoisotopic (exact) mass is 342 g/mol. The summed E-state index contributed by atoms with van der Waals surface area (Å²) in [4.78, 5) is 12.4. The first-order valence-electron chi connectivity index (χ1n) is 8.63. The largest absolute Gasteiger partial charge is 0.393 e. The summed E-state index contributed by atoms with van der Waals surface area (Å²) in [7, 11) is 0. The minimum atomic E-state index is -0.299. The van der Waals surface area contributed by atoms with Gasteiger partial charge in [0.2, 0.25) is 0 Å². The van der Waals surface area contributed by atoms with E-state index in [0.29, 0.717) is 25.2 Å². The minimum Gasteiger partial charge on any atom is -0.393 e. The van der Waals surface area contributed by atoms with Crippen molar-refractivity contribution in [2.75, 3.05) is 11.9 Å². The molecule has 0 atom stereocenters. The van der Waals surface area contributed by atoms with Crippen molar-refractivity contribution >= 4 is 11.8 Å². The van der Waals surface area contributed by atoms with Gasteiger partial charge >= 0.3 is 6.03 Å². The van der Waals surface area contributed by atoms with Crippen LogP contribution in [-0.2, 0) is 11.0 Å². The smallest absolute Gasteiger partial charge is 0.320 e. The first kappa shape index (κ1) is 17.5. The quantitative estimate of drug-likeness (QED) is 0.799. The summed E-state index contributed by atoms with van der Waals surface area (Å²) in [5.41, 5.74) is 0.748. The third-order valence-electron chi connectivity index (χ3n) is 4.75. The van der Waals surface area contributed by atoms with Crippen molar-refractivity contribution in [2.24, 2.45) is 0 Å². The molecule has 1 saturated carbocycles. The maximum atomic E-state index is 12.4. The molecular formula is C19H26N4O2. The van der Waals surface area contributed by atoms with Gasteiger partial charge in [-0.15, -0.1) is 0 Å². The van der Waals surface area contributed by atoms with Crippen LogP contribution in [0.1, 0.15) is 39.2 Å². The molecule has 0 unspecified atom stereocenters. The first-order valence-corrected chi connectivity index (χ1v) is 8.63. The number of anilines is 1. The summed E-state index contributed by atoms with van der Waals surface area (Å²) in [5, 5.41) is 19.9. The highest BCUT2D eigenvalue weighted by Gasteiger charge is 2.44. The van der Waals surface area contributed by atoms with Crippen molar-refractivity contribution in [2.45, 2.75) is 50.7 Å². The van der Waals surface area contributed by atoms with Crippen molar-refractivity contribution < 1.29 is 9.90 Å². The highest BCUT2D eigenvalue weighted by atomic mass is 16.3. The number of aliphatic hydroxyl groups is 1. The third kappa shape index (κ3) is 3.69. The Labute approximate surface area is 148 Å². The Morgan fingerprint density at radius 2 is 1.96 bits per heavy atom. The topological polar surface area (TPSA) is 79.2 Å². The highest BCUT2D eigenvalue weighted by molar-refractivity contribution is 5.88. The fourth-order valence-corrected chi connectivity index (χ4v) is 3.46. The maximum Gasteiger partial charge on any atom is 0.320 e. The Morgan fingerprint density at radius 1 is 1.28 bits per heavy atom. The van der Waals surface area contributed by atoms with E-state index < -0.39 is 0 Å².